The smallest absolute Gasteiger partial charge is 0.315 e. The molecule has 0 aliphatic rings. The monoisotopic (exact) mass is 257 g/mol. The van der Waals surface area contributed by atoms with E-state index >= 15 is 0 Å². The average molecular weight is 257 g/mol. The highest BCUT2D eigenvalue weighted by Crippen LogP contribution is 2.32. The molecule has 0 spiro atoms. The third kappa shape index (κ3) is 3.70. The molecule has 1 aromatic carbocycles. The Hall–Kier alpha value is -1.63. The highest BCUT2D eigenvalue weighted by molar-refractivity contribution is 7.84. The van der Waals surface area contributed by atoms with Gasteiger partial charge in [-0.05, 0) is 12.1 Å². The molecule has 94 valence electrons. The summed E-state index contributed by atoms with van der Waals surface area (Å²) in [6.45, 7) is 0.442. The molecule has 2 N–H and O–H groups in total. The molecule has 0 saturated carbocycles. The molecule has 17 heavy (non-hydrogen) atoms. The maximum Gasteiger partial charge on any atom is 0.315 e. The second-order valence-electron chi connectivity index (χ2n) is 3.41. The van der Waals surface area contributed by atoms with Crippen LogP contribution in [-0.4, -0.2) is 34.7 Å². The Kier molecular flexibility index (Phi) is 4.89. The van der Waals surface area contributed by atoms with Crippen molar-refractivity contribution < 1.29 is 9.13 Å². The first-order chi connectivity index (χ1) is 8.06. The van der Waals surface area contributed by atoms with Crippen molar-refractivity contribution >= 4 is 27.9 Å². The first-order valence-corrected chi connectivity index (χ1v) is 6.78. The molecule has 0 saturated heterocycles. The van der Waals surface area contributed by atoms with Crippen molar-refractivity contribution in [2.45, 2.75) is 0 Å². The van der Waals surface area contributed by atoms with Crippen LogP contribution in [0.15, 0.2) is 18.2 Å². The zero-order valence-electron chi connectivity index (χ0n) is 9.73. The summed E-state index contributed by atoms with van der Waals surface area (Å²) in [5.74, 6) is 0.459. The normalized spacial score (nSPS) is 11.9. The van der Waals surface area contributed by atoms with Crippen molar-refractivity contribution in [2.75, 3.05) is 36.2 Å². The van der Waals surface area contributed by atoms with Gasteiger partial charge in [-0.25, -0.2) is 0 Å². The Bertz CT molecular complexity index is 437. The van der Waals surface area contributed by atoms with Gasteiger partial charge in [-0.15, -0.1) is 0 Å². The molecule has 1 atom stereocenters. The van der Waals surface area contributed by atoms with E-state index in [1.807, 2.05) is 0 Å². The topological polar surface area (TPSA) is 84.3 Å². The third-order valence-corrected chi connectivity index (χ3v) is 2.97. The van der Waals surface area contributed by atoms with Crippen molar-refractivity contribution in [3.05, 3.63) is 28.3 Å². The van der Waals surface area contributed by atoms with Gasteiger partial charge in [0.2, 0.25) is 0 Å². The number of para-hydroxylation sites is 1. The maximum absolute atomic E-state index is 11.0. The lowest BCUT2D eigenvalue weighted by Crippen LogP contribution is -2.11. The molecule has 6 nitrogen and oxygen atoms in total. The Morgan fingerprint density at radius 3 is 2.59 bits per heavy atom. The van der Waals surface area contributed by atoms with E-state index in [2.05, 4.69) is 10.6 Å². The second kappa shape index (κ2) is 6.19. The summed E-state index contributed by atoms with van der Waals surface area (Å²) in [5, 5.41) is 16.7. The fraction of sp³-hybridized carbons (Fsp3) is 0.400. The zero-order chi connectivity index (χ0) is 12.8. The molecule has 0 aliphatic carbocycles. The number of hydrogen-bond acceptors (Lipinski definition) is 5. The van der Waals surface area contributed by atoms with E-state index in [0.717, 1.165) is 0 Å². The molecular formula is C10H15N3O3S. The Balaban J connectivity index is 2.90. The minimum atomic E-state index is -0.912. The van der Waals surface area contributed by atoms with Crippen LogP contribution in [0.3, 0.4) is 0 Å². The summed E-state index contributed by atoms with van der Waals surface area (Å²) in [7, 11) is 0.720. The molecule has 1 aromatic rings. The van der Waals surface area contributed by atoms with Gasteiger partial charge in [0, 0.05) is 36.4 Å². The van der Waals surface area contributed by atoms with E-state index in [0.29, 0.717) is 23.7 Å². The van der Waals surface area contributed by atoms with E-state index in [-0.39, 0.29) is 5.69 Å². The average Bonchev–Trinajstić information content (AvgIpc) is 2.27. The van der Waals surface area contributed by atoms with Crippen LogP contribution < -0.4 is 10.6 Å². The summed E-state index contributed by atoms with van der Waals surface area (Å²) in [6.07, 6.45) is 1.60. The van der Waals surface area contributed by atoms with Crippen LogP contribution in [0.1, 0.15) is 0 Å². The lowest BCUT2D eigenvalue weighted by Gasteiger charge is -2.09. The van der Waals surface area contributed by atoms with Gasteiger partial charge in [0.05, 0.1) is 4.92 Å². The largest absolute Gasteiger partial charge is 0.382 e. The highest BCUT2D eigenvalue weighted by Gasteiger charge is 2.18. The van der Waals surface area contributed by atoms with Crippen LogP contribution in [0.4, 0.5) is 17.1 Å². The van der Waals surface area contributed by atoms with Gasteiger partial charge in [-0.2, -0.15) is 0 Å². The molecule has 1 rings (SSSR count). The fourth-order valence-corrected chi connectivity index (χ4v) is 1.80. The van der Waals surface area contributed by atoms with Crippen LogP contribution in [-0.2, 0) is 10.8 Å². The zero-order valence-corrected chi connectivity index (χ0v) is 10.5. The van der Waals surface area contributed by atoms with Gasteiger partial charge in [-0.1, -0.05) is 6.07 Å². The SMILES string of the molecule is CNc1cccc(NCCS(C)=O)c1[N+](=O)[O-]. The van der Waals surface area contributed by atoms with E-state index in [1.54, 1.807) is 31.5 Å². The van der Waals surface area contributed by atoms with Crippen LogP contribution in [0.5, 0.6) is 0 Å². The molecule has 0 radical (unpaired) electrons. The highest BCUT2D eigenvalue weighted by atomic mass is 32.2. The second-order valence-corrected chi connectivity index (χ2v) is 4.97. The molecule has 0 amide bonds. The first kappa shape index (κ1) is 13.4. The predicted molar refractivity (Wildman–Crippen MR) is 70.1 cm³/mol. The number of nitro groups is 1. The van der Waals surface area contributed by atoms with Gasteiger partial charge in [0.25, 0.3) is 0 Å². The molecule has 1 unspecified atom stereocenters. The quantitative estimate of drug-likeness (QED) is 0.595. The van der Waals surface area contributed by atoms with Gasteiger partial charge in [0.1, 0.15) is 11.4 Å². The summed E-state index contributed by atoms with van der Waals surface area (Å²) >= 11 is 0. The van der Waals surface area contributed by atoms with E-state index in [1.165, 1.54) is 0 Å². The predicted octanol–water partition coefficient (Wildman–Crippen LogP) is 1.43. The molecular weight excluding hydrogens is 242 g/mol. The van der Waals surface area contributed by atoms with Crippen molar-refractivity contribution in [1.29, 1.82) is 0 Å². The molecule has 0 bridgehead atoms. The summed E-state index contributed by atoms with van der Waals surface area (Å²) in [5.41, 5.74) is 0.904. The number of anilines is 2. The Morgan fingerprint density at radius 1 is 1.41 bits per heavy atom. The van der Waals surface area contributed by atoms with Crippen LogP contribution in [0, 0.1) is 10.1 Å². The van der Waals surface area contributed by atoms with Crippen LogP contribution >= 0.6 is 0 Å². The van der Waals surface area contributed by atoms with Crippen molar-refractivity contribution in [1.82, 2.24) is 0 Å². The van der Waals surface area contributed by atoms with Gasteiger partial charge in [0.15, 0.2) is 0 Å². The van der Waals surface area contributed by atoms with Crippen molar-refractivity contribution in [3.8, 4) is 0 Å². The minimum absolute atomic E-state index is 0.0110. The van der Waals surface area contributed by atoms with Gasteiger partial charge < -0.3 is 10.6 Å². The molecule has 7 heteroatoms. The van der Waals surface area contributed by atoms with Crippen LogP contribution in [0.2, 0.25) is 0 Å². The van der Waals surface area contributed by atoms with Crippen molar-refractivity contribution in [2.24, 2.45) is 0 Å². The third-order valence-electron chi connectivity index (χ3n) is 2.19. The Morgan fingerprint density at radius 2 is 2.06 bits per heavy atom. The number of benzene rings is 1. The standard InChI is InChI=1S/C10H15N3O3S/c1-11-8-4-3-5-9(10(8)13(14)15)12-6-7-17(2)16/h3-5,11-12H,6-7H2,1-2H3. The van der Waals surface area contributed by atoms with Crippen molar-refractivity contribution in [3.63, 3.8) is 0 Å². The number of nitrogens with one attached hydrogen (secondary N) is 2. The van der Waals surface area contributed by atoms with Crippen LogP contribution in [0.25, 0.3) is 0 Å². The van der Waals surface area contributed by atoms with E-state index < -0.39 is 15.7 Å². The molecule has 0 aromatic heterocycles. The number of nitrogens with zero attached hydrogens (tertiary/aromatic N) is 1. The summed E-state index contributed by atoms with van der Waals surface area (Å²) in [4.78, 5) is 10.5. The number of hydrogen-bond donors (Lipinski definition) is 2. The summed E-state index contributed by atoms with van der Waals surface area (Å²) in [6, 6.07) is 5.00. The lowest BCUT2D eigenvalue weighted by atomic mass is 10.2. The molecule has 0 fully saturated rings. The van der Waals surface area contributed by atoms with Gasteiger partial charge >= 0.3 is 5.69 Å². The summed E-state index contributed by atoms with van der Waals surface area (Å²) < 4.78 is 10.9. The molecule has 0 aliphatic heterocycles. The van der Waals surface area contributed by atoms with Gasteiger partial charge in [-0.3, -0.25) is 14.3 Å². The van der Waals surface area contributed by atoms with E-state index in [4.69, 9.17) is 0 Å². The lowest BCUT2D eigenvalue weighted by molar-refractivity contribution is -0.383. The van der Waals surface area contributed by atoms with E-state index in [9.17, 15) is 14.3 Å². The molecule has 0 heterocycles. The first-order valence-electron chi connectivity index (χ1n) is 5.05. The Labute approximate surface area is 102 Å². The maximum atomic E-state index is 11.0. The number of nitro benzene ring substituents is 1. The number of rotatable bonds is 6. The minimum Gasteiger partial charge on any atom is -0.382 e. The fourth-order valence-electron chi connectivity index (χ4n) is 1.41.